The number of ether oxygens (including phenoxy) is 1. The van der Waals surface area contributed by atoms with Crippen molar-refractivity contribution in [2.24, 2.45) is 5.92 Å². The quantitative estimate of drug-likeness (QED) is 0.542. The highest BCUT2D eigenvalue weighted by atomic mass is 35.5. The van der Waals surface area contributed by atoms with Gasteiger partial charge in [-0.05, 0) is 11.6 Å². The number of rotatable bonds is 3. The summed E-state index contributed by atoms with van der Waals surface area (Å²) >= 11 is 5.09. The maximum absolute atomic E-state index is 10.2. The van der Waals surface area contributed by atoms with Gasteiger partial charge in [-0.15, -0.1) is 0 Å². The molecule has 0 aromatic rings. The molecule has 0 saturated heterocycles. The van der Waals surface area contributed by atoms with Crippen molar-refractivity contribution >= 4 is 16.8 Å². The highest BCUT2D eigenvalue weighted by Gasteiger charge is 2.07. The molecule has 0 aromatic heterocycles. The highest BCUT2D eigenvalue weighted by molar-refractivity contribution is 6.63. The molecule has 0 aliphatic carbocycles. The first-order chi connectivity index (χ1) is 3.68. The summed E-state index contributed by atoms with van der Waals surface area (Å²) in [5.74, 6) is -0.179. The second-order valence-electron chi connectivity index (χ2n) is 1.66. The van der Waals surface area contributed by atoms with Crippen molar-refractivity contribution in [2.75, 3.05) is 13.7 Å². The van der Waals surface area contributed by atoms with Crippen molar-refractivity contribution < 1.29 is 9.53 Å². The van der Waals surface area contributed by atoms with Gasteiger partial charge in [-0.2, -0.15) is 0 Å². The van der Waals surface area contributed by atoms with Crippen LogP contribution in [0.5, 0.6) is 0 Å². The van der Waals surface area contributed by atoms with E-state index in [1.807, 2.05) is 0 Å². The largest absolute Gasteiger partial charge is 0.384 e. The van der Waals surface area contributed by atoms with Crippen LogP contribution in [-0.4, -0.2) is 19.0 Å². The van der Waals surface area contributed by atoms with E-state index in [-0.39, 0.29) is 11.2 Å². The van der Waals surface area contributed by atoms with Gasteiger partial charge >= 0.3 is 0 Å². The van der Waals surface area contributed by atoms with E-state index < -0.39 is 0 Å². The molecule has 0 aliphatic rings. The Labute approximate surface area is 53.8 Å². The molecule has 0 radical (unpaired) electrons. The van der Waals surface area contributed by atoms with E-state index in [1.165, 1.54) is 7.11 Å². The van der Waals surface area contributed by atoms with E-state index in [9.17, 15) is 4.79 Å². The number of carbonyl (C=O) groups excluding carboxylic acids is 1. The van der Waals surface area contributed by atoms with E-state index in [2.05, 4.69) is 4.74 Å². The Hall–Kier alpha value is -0.0800. The summed E-state index contributed by atoms with van der Waals surface area (Å²) in [5, 5.41) is -0.341. The summed E-state index contributed by atoms with van der Waals surface area (Å²) in [7, 11) is 1.54. The Morgan fingerprint density at radius 3 is 2.50 bits per heavy atom. The smallest absolute Gasteiger partial charge is 0.226 e. The van der Waals surface area contributed by atoms with Gasteiger partial charge in [-0.25, -0.2) is 0 Å². The second kappa shape index (κ2) is 3.87. The SMILES string of the molecule is COCC(C)C(=O)Cl. The standard InChI is InChI=1S/C5H9ClO2/c1-4(3-8-2)5(6)7/h4H,3H2,1-2H3. The minimum absolute atomic E-state index is 0.179. The fourth-order valence-electron chi connectivity index (χ4n) is 0.316. The molecule has 0 N–H and O–H groups in total. The maximum Gasteiger partial charge on any atom is 0.226 e. The summed E-state index contributed by atoms with van der Waals surface area (Å²) in [5.41, 5.74) is 0. The molecule has 0 rings (SSSR count). The zero-order valence-corrected chi connectivity index (χ0v) is 5.73. The first-order valence-corrected chi connectivity index (χ1v) is 2.74. The summed E-state index contributed by atoms with van der Waals surface area (Å²) in [6.07, 6.45) is 0. The first kappa shape index (κ1) is 7.92. The zero-order chi connectivity index (χ0) is 6.57. The third-order valence-corrected chi connectivity index (χ3v) is 1.18. The van der Waals surface area contributed by atoms with E-state index in [4.69, 9.17) is 11.6 Å². The molecule has 3 heteroatoms. The van der Waals surface area contributed by atoms with E-state index >= 15 is 0 Å². The van der Waals surface area contributed by atoms with Crippen LogP contribution in [0.4, 0.5) is 0 Å². The van der Waals surface area contributed by atoms with Crippen LogP contribution in [-0.2, 0) is 9.53 Å². The minimum atomic E-state index is -0.341. The first-order valence-electron chi connectivity index (χ1n) is 2.36. The molecule has 48 valence electrons. The normalized spacial score (nSPS) is 13.4. The van der Waals surface area contributed by atoms with Crippen molar-refractivity contribution in [3.8, 4) is 0 Å². The molecule has 0 aliphatic heterocycles. The third-order valence-electron chi connectivity index (χ3n) is 0.804. The van der Waals surface area contributed by atoms with Crippen LogP contribution in [0, 0.1) is 5.92 Å². The summed E-state index contributed by atoms with van der Waals surface area (Å²) < 4.78 is 4.66. The summed E-state index contributed by atoms with van der Waals surface area (Å²) in [6.45, 7) is 2.13. The number of carbonyl (C=O) groups is 1. The van der Waals surface area contributed by atoms with Gasteiger partial charge in [0, 0.05) is 7.11 Å². The summed E-state index contributed by atoms with van der Waals surface area (Å²) in [4.78, 5) is 10.2. The van der Waals surface area contributed by atoms with E-state index in [0.717, 1.165) is 0 Å². The Morgan fingerprint density at radius 1 is 1.88 bits per heavy atom. The van der Waals surface area contributed by atoms with Gasteiger partial charge in [0.1, 0.15) is 0 Å². The van der Waals surface area contributed by atoms with Crippen LogP contribution in [0.3, 0.4) is 0 Å². The summed E-state index contributed by atoms with van der Waals surface area (Å²) in [6, 6.07) is 0. The average molecular weight is 137 g/mol. The molecule has 0 bridgehead atoms. The molecular formula is C5H9ClO2. The van der Waals surface area contributed by atoms with Gasteiger partial charge in [0.15, 0.2) is 0 Å². The molecule has 0 saturated carbocycles. The van der Waals surface area contributed by atoms with Crippen molar-refractivity contribution in [3.63, 3.8) is 0 Å². The number of methoxy groups -OCH3 is 1. The molecule has 1 atom stereocenters. The maximum atomic E-state index is 10.2. The average Bonchev–Trinajstić information content (AvgIpc) is 1.67. The number of hydrogen-bond donors (Lipinski definition) is 0. The lowest BCUT2D eigenvalue weighted by Gasteiger charge is -2.00. The lowest BCUT2D eigenvalue weighted by atomic mass is 10.2. The van der Waals surface area contributed by atoms with Crippen LogP contribution in [0.1, 0.15) is 6.92 Å². The van der Waals surface area contributed by atoms with Crippen molar-refractivity contribution in [1.29, 1.82) is 0 Å². The number of hydrogen-bond acceptors (Lipinski definition) is 2. The lowest BCUT2D eigenvalue weighted by molar-refractivity contribution is -0.116. The fraction of sp³-hybridized carbons (Fsp3) is 0.800. The van der Waals surface area contributed by atoms with Gasteiger partial charge in [0.05, 0.1) is 12.5 Å². The monoisotopic (exact) mass is 136 g/mol. The van der Waals surface area contributed by atoms with Gasteiger partial charge in [0.25, 0.3) is 0 Å². The number of halogens is 1. The molecule has 0 fully saturated rings. The molecule has 0 spiro atoms. The van der Waals surface area contributed by atoms with Crippen LogP contribution in [0.25, 0.3) is 0 Å². The fourth-order valence-corrected chi connectivity index (χ4v) is 0.379. The Balaban J connectivity index is 3.32. The molecule has 1 unspecified atom stereocenters. The Bertz CT molecular complexity index is 82.5. The zero-order valence-electron chi connectivity index (χ0n) is 4.98. The molecule has 8 heavy (non-hydrogen) atoms. The van der Waals surface area contributed by atoms with E-state index in [0.29, 0.717) is 6.61 Å². The van der Waals surface area contributed by atoms with Crippen molar-refractivity contribution in [3.05, 3.63) is 0 Å². The van der Waals surface area contributed by atoms with Crippen molar-refractivity contribution in [1.82, 2.24) is 0 Å². The Morgan fingerprint density at radius 2 is 2.38 bits per heavy atom. The molecule has 0 aromatic carbocycles. The van der Waals surface area contributed by atoms with Crippen molar-refractivity contribution in [2.45, 2.75) is 6.92 Å². The highest BCUT2D eigenvalue weighted by Crippen LogP contribution is 1.99. The lowest BCUT2D eigenvalue weighted by Crippen LogP contribution is -2.09. The van der Waals surface area contributed by atoms with E-state index in [1.54, 1.807) is 6.92 Å². The molecular weight excluding hydrogens is 128 g/mol. The van der Waals surface area contributed by atoms with Gasteiger partial charge in [0.2, 0.25) is 5.24 Å². The Kier molecular flexibility index (Phi) is 3.83. The van der Waals surface area contributed by atoms with Gasteiger partial charge in [-0.3, -0.25) is 4.79 Å². The topological polar surface area (TPSA) is 26.3 Å². The van der Waals surface area contributed by atoms with Crippen LogP contribution < -0.4 is 0 Å². The predicted octanol–water partition coefficient (Wildman–Crippen LogP) is 1.03. The molecule has 0 heterocycles. The van der Waals surface area contributed by atoms with Gasteiger partial charge < -0.3 is 4.74 Å². The van der Waals surface area contributed by atoms with Crippen LogP contribution in [0.2, 0.25) is 0 Å². The molecule has 2 nitrogen and oxygen atoms in total. The van der Waals surface area contributed by atoms with Crippen LogP contribution in [0.15, 0.2) is 0 Å². The van der Waals surface area contributed by atoms with Crippen LogP contribution >= 0.6 is 11.6 Å². The second-order valence-corrected chi connectivity index (χ2v) is 2.03. The minimum Gasteiger partial charge on any atom is -0.384 e. The predicted molar refractivity (Wildman–Crippen MR) is 31.9 cm³/mol. The van der Waals surface area contributed by atoms with Gasteiger partial charge in [-0.1, -0.05) is 6.92 Å². The molecule has 0 amide bonds. The third kappa shape index (κ3) is 2.99.